The van der Waals surface area contributed by atoms with Crippen LogP contribution in [0.25, 0.3) is 0 Å². The number of aliphatic hydroxyl groups excluding tert-OH is 1. The van der Waals surface area contributed by atoms with Crippen molar-refractivity contribution in [3.8, 4) is 5.75 Å². The van der Waals surface area contributed by atoms with Crippen molar-refractivity contribution in [1.29, 1.82) is 0 Å². The van der Waals surface area contributed by atoms with Crippen LogP contribution < -0.4 is 4.74 Å². The second-order valence-corrected chi connectivity index (χ2v) is 9.56. The summed E-state index contributed by atoms with van der Waals surface area (Å²) in [6, 6.07) is 16.7. The second kappa shape index (κ2) is 9.06. The molecule has 1 saturated heterocycles. The number of halogens is 1. The number of benzene rings is 2. The molecular formula is C20H24ClNO4S. The molecule has 2 atom stereocenters. The molecule has 0 aromatic heterocycles. The van der Waals surface area contributed by atoms with E-state index >= 15 is 0 Å². The van der Waals surface area contributed by atoms with Crippen molar-refractivity contribution in [2.75, 3.05) is 24.7 Å². The van der Waals surface area contributed by atoms with Gasteiger partial charge in [-0.05, 0) is 36.2 Å². The molecule has 0 amide bonds. The molecule has 1 aliphatic rings. The summed E-state index contributed by atoms with van der Waals surface area (Å²) < 4.78 is 29.4. The van der Waals surface area contributed by atoms with Crippen molar-refractivity contribution in [1.82, 2.24) is 4.90 Å². The molecule has 1 aliphatic heterocycles. The zero-order valence-corrected chi connectivity index (χ0v) is 16.6. The van der Waals surface area contributed by atoms with Crippen LogP contribution in [0.2, 0.25) is 5.02 Å². The topological polar surface area (TPSA) is 66.8 Å². The minimum Gasteiger partial charge on any atom is -0.491 e. The van der Waals surface area contributed by atoms with Gasteiger partial charge in [-0.1, -0.05) is 41.9 Å². The van der Waals surface area contributed by atoms with Crippen LogP contribution in [0, 0.1) is 0 Å². The van der Waals surface area contributed by atoms with Gasteiger partial charge in [-0.2, -0.15) is 0 Å². The number of ether oxygens (including phenoxy) is 1. The molecule has 1 heterocycles. The molecule has 0 radical (unpaired) electrons. The molecule has 0 bridgehead atoms. The number of sulfone groups is 1. The summed E-state index contributed by atoms with van der Waals surface area (Å²) in [5.41, 5.74) is 1.03. The first kappa shape index (κ1) is 20.1. The van der Waals surface area contributed by atoms with E-state index in [-0.39, 0.29) is 24.2 Å². The van der Waals surface area contributed by atoms with Crippen molar-refractivity contribution >= 4 is 21.4 Å². The first-order valence-corrected chi connectivity index (χ1v) is 11.2. The summed E-state index contributed by atoms with van der Waals surface area (Å²) in [6.45, 7) is 1.05. The van der Waals surface area contributed by atoms with Crippen LogP contribution in [0.15, 0.2) is 54.6 Å². The predicted octanol–water partition coefficient (Wildman–Crippen LogP) is 2.77. The number of rotatable bonds is 8. The molecule has 7 heteroatoms. The Morgan fingerprint density at radius 3 is 2.48 bits per heavy atom. The van der Waals surface area contributed by atoms with Crippen molar-refractivity contribution < 1.29 is 18.3 Å². The molecule has 2 aromatic carbocycles. The highest BCUT2D eigenvalue weighted by atomic mass is 35.5. The van der Waals surface area contributed by atoms with Crippen LogP contribution in [0.1, 0.15) is 12.0 Å². The zero-order chi connectivity index (χ0) is 19.3. The number of aliphatic hydroxyl groups is 1. The van der Waals surface area contributed by atoms with Gasteiger partial charge in [0.2, 0.25) is 0 Å². The Morgan fingerprint density at radius 2 is 1.85 bits per heavy atom. The monoisotopic (exact) mass is 409 g/mol. The maximum Gasteiger partial charge on any atom is 0.151 e. The lowest BCUT2D eigenvalue weighted by Gasteiger charge is -2.30. The van der Waals surface area contributed by atoms with Gasteiger partial charge in [0.05, 0.1) is 11.5 Å². The van der Waals surface area contributed by atoms with Crippen LogP contribution in [-0.4, -0.2) is 55.2 Å². The molecule has 1 fully saturated rings. The van der Waals surface area contributed by atoms with Gasteiger partial charge < -0.3 is 9.84 Å². The Bertz CT molecular complexity index is 827. The highest BCUT2D eigenvalue weighted by molar-refractivity contribution is 7.91. The molecule has 0 saturated carbocycles. The summed E-state index contributed by atoms with van der Waals surface area (Å²) in [4.78, 5) is 2.03. The van der Waals surface area contributed by atoms with Crippen molar-refractivity contribution in [3.05, 3.63) is 65.2 Å². The van der Waals surface area contributed by atoms with Crippen molar-refractivity contribution in [3.63, 3.8) is 0 Å². The minimum absolute atomic E-state index is 0.1000. The summed E-state index contributed by atoms with van der Waals surface area (Å²) in [5.74, 6) is 1.03. The van der Waals surface area contributed by atoms with Gasteiger partial charge in [-0.3, -0.25) is 4.90 Å². The van der Waals surface area contributed by atoms with Crippen LogP contribution in [-0.2, 0) is 16.4 Å². The highest BCUT2D eigenvalue weighted by Gasteiger charge is 2.33. The maximum absolute atomic E-state index is 11.9. The van der Waals surface area contributed by atoms with E-state index in [1.54, 1.807) is 0 Å². The minimum atomic E-state index is -3.01. The number of para-hydroxylation sites is 1. The van der Waals surface area contributed by atoms with E-state index in [0.29, 0.717) is 30.3 Å². The largest absolute Gasteiger partial charge is 0.491 e. The zero-order valence-electron chi connectivity index (χ0n) is 15.0. The quantitative estimate of drug-likeness (QED) is 0.726. The second-order valence-electron chi connectivity index (χ2n) is 6.89. The van der Waals surface area contributed by atoms with E-state index in [0.717, 1.165) is 5.56 Å². The average Bonchev–Trinajstić information content (AvgIpc) is 3.02. The van der Waals surface area contributed by atoms with E-state index in [2.05, 4.69) is 0 Å². The molecule has 27 heavy (non-hydrogen) atoms. The molecule has 146 valence electrons. The Morgan fingerprint density at radius 1 is 1.15 bits per heavy atom. The lowest BCUT2D eigenvalue weighted by atomic mass is 10.1. The average molecular weight is 410 g/mol. The summed E-state index contributed by atoms with van der Waals surface area (Å²) in [6.07, 6.45) is -0.136. The molecule has 2 aromatic rings. The smallest absolute Gasteiger partial charge is 0.151 e. The number of hydrogen-bond donors (Lipinski definition) is 1. The van der Waals surface area contributed by atoms with Crippen LogP contribution in [0.4, 0.5) is 0 Å². The number of hydrogen-bond acceptors (Lipinski definition) is 5. The maximum atomic E-state index is 11.9. The van der Waals surface area contributed by atoms with Gasteiger partial charge in [0.15, 0.2) is 9.84 Å². The SMILES string of the molecule is O=S1(=O)CCC(N(Cc2ccc(Cl)cc2)CC(O)COc2ccccc2)C1. The first-order chi connectivity index (χ1) is 12.9. The lowest BCUT2D eigenvalue weighted by molar-refractivity contribution is 0.0525. The van der Waals surface area contributed by atoms with Gasteiger partial charge in [0.1, 0.15) is 18.5 Å². The fourth-order valence-electron chi connectivity index (χ4n) is 3.26. The van der Waals surface area contributed by atoms with Crippen LogP contribution in [0.5, 0.6) is 5.75 Å². The first-order valence-electron chi connectivity index (χ1n) is 8.96. The van der Waals surface area contributed by atoms with Crippen LogP contribution >= 0.6 is 11.6 Å². The molecule has 0 aliphatic carbocycles. The van der Waals surface area contributed by atoms with E-state index < -0.39 is 15.9 Å². The number of nitrogens with zero attached hydrogens (tertiary/aromatic N) is 1. The molecule has 0 spiro atoms. The van der Waals surface area contributed by atoms with Gasteiger partial charge in [0.25, 0.3) is 0 Å². The third-order valence-electron chi connectivity index (χ3n) is 4.65. The van der Waals surface area contributed by atoms with Crippen LogP contribution in [0.3, 0.4) is 0 Å². The van der Waals surface area contributed by atoms with Crippen molar-refractivity contribution in [2.45, 2.75) is 25.1 Å². The molecule has 1 N–H and O–H groups in total. The highest BCUT2D eigenvalue weighted by Crippen LogP contribution is 2.21. The summed E-state index contributed by atoms with van der Waals surface area (Å²) in [7, 11) is -3.01. The Labute approximate surface area is 165 Å². The van der Waals surface area contributed by atoms with E-state index in [1.807, 2.05) is 59.5 Å². The fraction of sp³-hybridized carbons (Fsp3) is 0.400. The van der Waals surface area contributed by atoms with Gasteiger partial charge in [-0.15, -0.1) is 0 Å². The van der Waals surface area contributed by atoms with E-state index in [1.165, 1.54) is 0 Å². The van der Waals surface area contributed by atoms with E-state index in [4.69, 9.17) is 16.3 Å². The van der Waals surface area contributed by atoms with Gasteiger partial charge >= 0.3 is 0 Å². The Hall–Kier alpha value is -1.60. The predicted molar refractivity (Wildman–Crippen MR) is 107 cm³/mol. The standard InChI is InChI=1S/C20H24ClNO4S/c21-17-8-6-16(7-9-17)12-22(18-10-11-27(24,25)15-18)13-19(23)14-26-20-4-2-1-3-5-20/h1-9,18-19,23H,10-15H2. The normalized spacial score (nSPS) is 19.9. The summed E-state index contributed by atoms with van der Waals surface area (Å²) >= 11 is 5.95. The molecule has 3 rings (SSSR count). The Balaban J connectivity index is 1.64. The summed E-state index contributed by atoms with van der Waals surface area (Å²) in [5, 5.41) is 11.1. The van der Waals surface area contributed by atoms with Gasteiger partial charge in [0, 0.05) is 24.2 Å². The van der Waals surface area contributed by atoms with Crippen molar-refractivity contribution in [2.24, 2.45) is 0 Å². The molecule has 5 nitrogen and oxygen atoms in total. The van der Waals surface area contributed by atoms with Gasteiger partial charge in [-0.25, -0.2) is 8.42 Å². The molecule has 2 unspecified atom stereocenters. The molecular weight excluding hydrogens is 386 g/mol. The fourth-order valence-corrected chi connectivity index (χ4v) is 5.15. The third-order valence-corrected chi connectivity index (χ3v) is 6.66. The lowest BCUT2D eigenvalue weighted by Crippen LogP contribution is -2.42. The Kier molecular flexibility index (Phi) is 6.76. The van der Waals surface area contributed by atoms with E-state index in [9.17, 15) is 13.5 Å². The third kappa shape index (κ3) is 6.21.